The van der Waals surface area contributed by atoms with Gasteiger partial charge in [0.1, 0.15) is 0 Å². The Morgan fingerprint density at radius 1 is 1.24 bits per heavy atom. The maximum Gasteiger partial charge on any atom is 0.433 e. The first-order valence-electron chi connectivity index (χ1n) is 11.8. The molecule has 0 aliphatic carbocycles. The summed E-state index contributed by atoms with van der Waals surface area (Å²) in [6, 6.07) is 5.82. The molecule has 1 aromatic carbocycles. The van der Waals surface area contributed by atoms with Gasteiger partial charge in [-0.1, -0.05) is 32.9 Å². The van der Waals surface area contributed by atoms with E-state index in [0.29, 0.717) is 11.3 Å². The highest BCUT2D eigenvalue weighted by Crippen LogP contribution is 2.43. The number of hydrogen-bond acceptors (Lipinski definition) is 9. The van der Waals surface area contributed by atoms with Crippen molar-refractivity contribution in [3.63, 3.8) is 0 Å². The van der Waals surface area contributed by atoms with Crippen LogP contribution >= 0.6 is 11.3 Å². The second-order valence-corrected chi connectivity index (χ2v) is 12.4. The number of aliphatic hydroxyl groups is 1. The van der Waals surface area contributed by atoms with Crippen LogP contribution in [-0.2, 0) is 35.7 Å². The Balaban J connectivity index is 1.51. The highest BCUT2D eigenvalue weighted by Gasteiger charge is 2.41. The lowest BCUT2D eigenvalue weighted by molar-refractivity contribution is -0.142. The van der Waals surface area contributed by atoms with Gasteiger partial charge in [-0.2, -0.15) is 13.2 Å². The van der Waals surface area contributed by atoms with E-state index in [1.54, 1.807) is 24.0 Å². The predicted molar refractivity (Wildman–Crippen MR) is 134 cm³/mol. The van der Waals surface area contributed by atoms with E-state index in [4.69, 9.17) is 0 Å². The van der Waals surface area contributed by atoms with E-state index in [-0.39, 0.29) is 40.6 Å². The lowest BCUT2D eigenvalue weighted by Gasteiger charge is -2.28. The summed E-state index contributed by atoms with van der Waals surface area (Å²) >= 11 is 1.15. The van der Waals surface area contributed by atoms with Crippen LogP contribution in [-0.4, -0.2) is 40.1 Å². The molecule has 0 bridgehead atoms. The fraction of sp³-hybridized carbons (Fsp3) is 0.417. The van der Waals surface area contributed by atoms with E-state index in [0.717, 1.165) is 22.4 Å². The fourth-order valence-electron chi connectivity index (χ4n) is 4.21. The Morgan fingerprint density at radius 2 is 1.92 bits per heavy atom. The van der Waals surface area contributed by atoms with Crippen molar-refractivity contribution in [3.8, 4) is 0 Å². The number of halogens is 3. The number of carbonyl (C=O) groups excluding carboxylic acids is 1. The molecule has 0 radical (unpaired) electrons. The Bertz CT molecular complexity index is 1440. The molecule has 9 nitrogen and oxygen atoms in total. The fourth-order valence-corrected chi connectivity index (χ4v) is 6.11. The summed E-state index contributed by atoms with van der Waals surface area (Å²) in [5.74, 6) is -0.622. The van der Waals surface area contributed by atoms with Crippen molar-refractivity contribution >= 4 is 33.0 Å². The summed E-state index contributed by atoms with van der Waals surface area (Å²) in [5.41, 5.74) is -0.286. The molecule has 0 fully saturated rings. The van der Waals surface area contributed by atoms with Crippen molar-refractivity contribution in [2.24, 2.45) is 5.92 Å². The summed E-state index contributed by atoms with van der Waals surface area (Å²) < 4.78 is 64.4. The van der Waals surface area contributed by atoms with Crippen LogP contribution in [0.1, 0.15) is 64.0 Å². The second kappa shape index (κ2) is 10.6. The smallest absolute Gasteiger partial charge is 0.392 e. The van der Waals surface area contributed by atoms with Gasteiger partial charge in [-0.15, -0.1) is 11.3 Å². The molecule has 0 saturated heterocycles. The zero-order valence-corrected chi connectivity index (χ0v) is 22.4. The van der Waals surface area contributed by atoms with E-state index in [1.165, 1.54) is 12.1 Å². The molecule has 1 atom stereocenters. The number of nitrogens with zero attached hydrogens (tertiary/aromatic N) is 4. The standard InChI is InChI=1S/C24H26F3N5O4S2/c1-4-38(35,36)16-7-5-14(6-8-16)9-28-21(34)22-30-18-17(37-22)11-32(19(18)13(2)3)23-29-10-15(12-33)20(31-23)24(25,26)27/h5-8,10,13,19,33H,4,9,11-12H2,1-3H3,(H,28,34)/t19-/m0/s1. The molecule has 14 heteroatoms. The molecule has 1 aliphatic rings. The van der Waals surface area contributed by atoms with Gasteiger partial charge in [-0.25, -0.2) is 23.4 Å². The van der Waals surface area contributed by atoms with Gasteiger partial charge in [0.25, 0.3) is 5.91 Å². The van der Waals surface area contributed by atoms with E-state index in [2.05, 4.69) is 20.3 Å². The average molecular weight is 570 g/mol. The zero-order valence-electron chi connectivity index (χ0n) is 20.8. The van der Waals surface area contributed by atoms with E-state index in [1.807, 2.05) is 13.8 Å². The molecule has 3 aromatic rings. The number of aliphatic hydroxyl groups excluding tert-OH is 1. The molecule has 2 N–H and O–H groups in total. The van der Waals surface area contributed by atoms with Crippen molar-refractivity contribution in [3.05, 3.63) is 62.9 Å². The van der Waals surface area contributed by atoms with Crippen LogP contribution in [0.25, 0.3) is 0 Å². The summed E-state index contributed by atoms with van der Waals surface area (Å²) in [6.07, 6.45) is -3.77. The average Bonchev–Trinajstić information content (AvgIpc) is 3.45. The lowest BCUT2D eigenvalue weighted by atomic mass is 10.0. The third-order valence-electron chi connectivity index (χ3n) is 6.15. The van der Waals surface area contributed by atoms with Gasteiger partial charge in [0.2, 0.25) is 5.95 Å². The van der Waals surface area contributed by atoms with Crippen molar-refractivity contribution < 1.29 is 31.5 Å². The highest BCUT2D eigenvalue weighted by atomic mass is 32.2. The summed E-state index contributed by atoms with van der Waals surface area (Å²) in [6.45, 7) is 4.87. The molecular formula is C24H26F3N5O4S2. The minimum atomic E-state index is -4.75. The summed E-state index contributed by atoms with van der Waals surface area (Å²) in [7, 11) is -3.31. The van der Waals surface area contributed by atoms with Gasteiger partial charge in [-0.05, 0) is 23.6 Å². The number of hydrogen-bond donors (Lipinski definition) is 2. The molecule has 2 aromatic heterocycles. The molecule has 1 aliphatic heterocycles. The number of sulfone groups is 1. The minimum absolute atomic E-state index is 0.00379. The molecule has 0 spiro atoms. The summed E-state index contributed by atoms with van der Waals surface area (Å²) in [5, 5.41) is 12.3. The van der Waals surface area contributed by atoms with Crippen molar-refractivity contribution in [1.82, 2.24) is 20.3 Å². The topological polar surface area (TPSA) is 125 Å². The molecule has 0 saturated carbocycles. The maximum absolute atomic E-state index is 13.5. The van der Waals surface area contributed by atoms with Crippen LogP contribution < -0.4 is 10.2 Å². The first-order chi connectivity index (χ1) is 17.9. The molecule has 38 heavy (non-hydrogen) atoms. The van der Waals surface area contributed by atoms with Crippen LogP contribution in [0.3, 0.4) is 0 Å². The SMILES string of the molecule is CCS(=O)(=O)c1ccc(CNC(=O)c2nc3c(s2)CN(c2ncc(CO)c(C(F)(F)F)n2)[C@H]3C(C)C)cc1. The largest absolute Gasteiger partial charge is 0.433 e. The Morgan fingerprint density at radius 3 is 2.50 bits per heavy atom. The number of benzene rings is 1. The number of nitrogens with one attached hydrogen (secondary N) is 1. The second-order valence-electron chi connectivity index (χ2n) is 9.07. The van der Waals surface area contributed by atoms with Crippen LogP contribution in [0.15, 0.2) is 35.4 Å². The number of carbonyl (C=O) groups is 1. The van der Waals surface area contributed by atoms with Crippen LogP contribution in [0, 0.1) is 5.92 Å². The van der Waals surface area contributed by atoms with Crippen LogP contribution in [0.4, 0.5) is 19.1 Å². The Kier molecular flexibility index (Phi) is 7.77. The predicted octanol–water partition coefficient (Wildman–Crippen LogP) is 3.89. The third kappa shape index (κ3) is 5.52. The Labute approximate surface area is 221 Å². The number of thiazole rings is 1. The molecule has 3 heterocycles. The third-order valence-corrected chi connectivity index (χ3v) is 8.95. The van der Waals surface area contributed by atoms with Crippen molar-refractivity contribution in [2.45, 2.75) is 57.6 Å². The van der Waals surface area contributed by atoms with Gasteiger partial charge in [0.15, 0.2) is 20.5 Å². The van der Waals surface area contributed by atoms with Crippen LogP contribution in [0.2, 0.25) is 0 Å². The van der Waals surface area contributed by atoms with Gasteiger partial charge in [0.05, 0.1) is 40.4 Å². The number of aromatic nitrogens is 3. The first kappa shape index (κ1) is 27.9. The number of amides is 1. The molecule has 204 valence electrons. The summed E-state index contributed by atoms with van der Waals surface area (Å²) in [4.78, 5) is 27.7. The number of rotatable bonds is 8. The van der Waals surface area contributed by atoms with E-state index < -0.39 is 45.8 Å². The van der Waals surface area contributed by atoms with Gasteiger partial charge in [-0.3, -0.25) is 4.79 Å². The monoisotopic (exact) mass is 569 g/mol. The molecule has 4 rings (SSSR count). The van der Waals surface area contributed by atoms with Gasteiger partial charge in [0, 0.05) is 18.3 Å². The number of fused-ring (bicyclic) bond motifs is 1. The number of anilines is 1. The van der Waals surface area contributed by atoms with E-state index in [9.17, 15) is 31.5 Å². The first-order valence-corrected chi connectivity index (χ1v) is 14.2. The molecule has 0 unspecified atom stereocenters. The zero-order chi connectivity index (χ0) is 27.8. The van der Waals surface area contributed by atoms with Gasteiger partial charge >= 0.3 is 6.18 Å². The molecule has 1 amide bonds. The molecular weight excluding hydrogens is 543 g/mol. The van der Waals surface area contributed by atoms with Crippen molar-refractivity contribution in [1.29, 1.82) is 0 Å². The van der Waals surface area contributed by atoms with Crippen molar-refractivity contribution in [2.75, 3.05) is 10.7 Å². The normalized spacial score (nSPS) is 15.7. The maximum atomic E-state index is 13.5. The minimum Gasteiger partial charge on any atom is -0.392 e. The Hall–Kier alpha value is -3.10. The lowest BCUT2D eigenvalue weighted by Crippen LogP contribution is -2.29. The van der Waals surface area contributed by atoms with E-state index >= 15 is 0 Å². The van der Waals surface area contributed by atoms with Gasteiger partial charge < -0.3 is 15.3 Å². The van der Waals surface area contributed by atoms with Crippen LogP contribution in [0.5, 0.6) is 0 Å². The quantitative estimate of drug-likeness (QED) is 0.419. The number of alkyl halides is 3. The highest BCUT2D eigenvalue weighted by molar-refractivity contribution is 7.91.